The molecule has 3 aromatic rings. The molecule has 3 aromatic carbocycles. The average Bonchev–Trinajstić information content (AvgIpc) is 3.02. The summed E-state index contributed by atoms with van der Waals surface area (Å²) in [5, 5.41) is 82.0. The lowest BCUT2D eigenvalue weighted by Gasteiger charge is -2.52. The van der Waals surface area contributed by atoms with E-state index in [1.54, 1.807) is 30.3 Å². The van der Waals surface area contributed by atoms with Crippen LogP contribution in [-0.2, 0) is 30.3 Å². The fourth-order valence-electron chi connectivity index (χ4n) is 5.33. The molecule has 0 radical (unpaired) electrons. The number of aliphatic carboxylic acids is 1. The molecule has 0 aromatic heterocycles. The van der Waals surface area contributed by atoms with E-state index in [1.807, 2.05) is 0 Å². The Morgan fingerprint density at radius 1 is 0.804 bits per heavy atom. The van der Waals surface area contributed by atoms with Crippen LogP contribution in [-0.4, -0.2) is 88.8 Å². The third-order valence-corrected chi connectivity index (χ3v) is 7.80. The molecule has 13 heteroatoms. The highest BCUT2D eigenvalue weighted by atomic mass is 16.6. The Bertz CT molecular complexity index is 1650. The Labute approximate surface area is 262 Å². The van der Waals surface area contributed by atoms with Crippen molar-refractivity contribution in [2.75, 3.05) is 6.61 Å². The summed E-state index contributed by atoms with van der Waals surface area (Å²) in [4.78, 5) is 38.7. The number of ether oxygens (including phenoxy) is 2. The third kappa shape index (κ3) is 7.12. The Balaban J connectivity index is 1.75. The number of phenolic OH excluding ortho intramolecular Hbond substituents is 4. The number of aliphatic hydroxyl groups excluding tert-OH is 2. The lowest BCUT2D eigenvalue weighted by Crippen LogP contribution is -2.72. The van der Waals surface area contributed by atoms with Gasteiger partial charge in [0.2, 0.25) is 0 Å². The van der Waals surface area contributed by atoms with Crippen molar-refractivity contribution in [3.05, 3.63) is 95.6 Å². The van der Waals surface area contributed by atoms with Gasteiger partial charge in [0.1, 0.15) is 6.10 Å². The summed E-state index contributed by atoms with van der Waals surface area (Å²) in [7, 11) is 0. The van der Waals surface area contributed by atoms with Gasteiger partial charge in [-0.1, -0.05) is 42.5 Å². The molecule has 0 saturated heterocycles. The van der Waals surface area contributed by atoms with E-state index in [9.17, 15) is 55.2 Å². The van der Waals surface area contributed by atoms with Crippen LogP contribution in [0.25, 0.3) is 12.2 Å². The van der Waals surface area contributed by atoms with Crippen LogP contribution in [0.3, 0.4) is 0 Å². The van der Waals surface area contributed by atoms with Gasteiger partial charge in [0.15, 0.2) is 40.3 Å². The van der Waals surface area contributed by atoms with Gasteiger partial charge in [-0.3, -0.25) is 0 Å². The van der Waals surface area contributed by atoms with E-state index in [-0.39, 0.29) is 17.5 Å². The second-order valence-electron chi connectivity index (χ2n) is 10.8. The van der Waals surface area contributed by atoms with Gasteiger partial charge in [-0.25, -0.2) is 14.4 Å². The molecular formula is C33H32O13. The van der Waals surface area contributed by atoms with Gasteiger partial charge in [-0.15, -0.1) is 0 Å². The van der Waals surface area contributed by atoms with Crippen molar-refractivity contribution >= 4 is 30.1 Å². The Kier molecular flexibility index (Phi) is 10.0. The third-order valence-electron chi connectivity index (χ3n) is 7.80. The zero-order chi connectivity index (χ0) is 33.6. The maximum atomic E-state index is 13.2. The molecule has 242 valence electrons. The molecule has 5 atom stereocenters. The second kappa shape index (κ2) is 13.7. The van der Waals surface area contributed by atoms with E-state index in [0.29, 0.717) is 5.56 Å². The zero-order valence-corrected chi connectivity index (χ0v) is 24.1. The molecule has 1 aliphatic carbocycles. The van der Waals surface area contributed by atoms with Crippen LogP contribution in [0.4, 0.5) is 0 Å². The van der Waals surface area contributed by atoms with Crippen LogP contribution in [0.2, 0.25) is 0 Å². The maximum absolute atomic E-state index is 13.2. The van der Waals surface area contributed by atoms with E-state index in [1.165, 1.54) is 36.4 Å². The number of hydrogen-bond acceptors (Lipinski definition) is 12. The molecule has 0 amide bonds. The van der Waals surface area contributed by atoms with E-state index in [0.717, 1.165) is 24.3 Å². The standard InChI is InChI=1S/C33H32O13/c34-18-33(46-29(41)13-9-21-7-11-24(36)26(38)16-21)27(39)17-32(44,31(42)43)22(14-19-4-2-1-3-5-19)30(33)45-28(40)12-8-20-6-10-23(35)25(37)15-20/h1-13,15-16,22,27,30,34-39,44H,14,17-18H2,(H,42,43)/b12-8+,13-9+/t22-,27-,30-,32-,33+/m1/s1. The topological polar surface area (TPSA) is 232 Å². The molecule has 1 fully saturated rings. The fraction of sp³-hybridized carbons (Fsp3) is 0.242. The molecule has 0 unspecified atom stereocenters. The van der Waals surface area contributed by atoms with Gasteiger partial charge in [0, 0.05) is 24.5 Å². The van der Waals surface area contributed by atoms with Crippen LogP contribution in [0.15, 0.2) is 78.9 Å². The predicted molar refractivity (Wildman–Crippen MR) is 160 cm³/mol. The van der Waals surface area contributed by atoms with Gasteiger partial charge in [0.05, 0.1) is 6.61 Å². The van der Waals surface area contributed by atoms with E-state index < -0.39 is 83.3 Å². The summed E-state index contributed by atoms with van der Waals surface area (Å²) < 4.78 is 11.2. The molecular weight excluding hydrogens is 604 g/mol. The Hall–Kier alpha value is -5.37. The predicted octanol–water partition coefficient (Wildman–Crippen LogP) is 1.86. The van der Waals surface area contributed by atoms with Crippen molar-refractivity contribution in [3.8, 4) is 23.0 Å². The van der Waals surface area contributed by atoms with Gasteiger partial charge < -0.3 is 50.3 Å². The first-order valence-corrected chi connectivity index (χ1v) is 13.9. The molecule has 0 heterocycles. The van der Waals surface area contributed by atoms with Crippen LogP contribution < -0.4 is 0 Å². The van der Waals surface area contributed by atoms with Gasteiger partial charge >= 0.3 is 17.9 Å². The summed E-state index contributed by atoms with van der Waals surface area (Å²) in [6, 6.07) is 15.6. The van der Waals surface area contributed by atoms with Gasteiger partial charge in [-0.2, -0.15) is 0 Å². The number of esters is 2. The number of aliphatic hydroxyl groups is 3. The van der Waals surface area contributed by atoms with Crippen molar-refractivity contribution in [1.82, 2.24) is 0 Å². The number of aromatic hydroxyl groups is 4. The van der Waals surface area contributed by atoms with Crippen LogP contribution >= 0.6 is 0 Å². The minimum absolute atomic E-state index is 0.254. The highest BCUT2D eigenvalue weighted by molar-refractivity contribution is 5.89. The first kappa shape index (κ1) is 33.5. The van der Waals surface area contributed by atoms with Gasteiger partial charge in [-0.05, 0) is 59.5 Å². The number of carboxylic acid groups (broad SMARTS) is 1. The Morgan fingerprint density at radius 3 is 1.85 bits per heavy atom. The molecule has 46 heavy (non-hydrogen) atoms. The zero-order valence-electron chi connectivity index (χ0n) is 24.1. The number of benzene rings is 3. The number of rotatable bonds is 10. The summed E-state index contributed by atoms with van der Waals surface area (Å²) in [6.07, 6.45) is -1.04. The van der Waals surface area contributed by atoms with Crippen LogP contribution in [0.1, 0.15) is 23.1 Å². The van der Waals surface area contributed by atoms with Crippen molar-refractivity contribution in [2.24, 2.45) is 5.92 Å². The largest absolute Gasteiger partial charge is 0.504 e. The SMILES string of the molecule is O=C(/C=C/c1ccc(O)c(O)c1)O[C@@H]1[C@@H](Cc2ccccc2)[C@@](O)(C(=O)O)C[C@@H](O)[C@]1(CO)OC(=O)/C=C/c1ccc(O)c(O)c1. The second-order valence-corrected chi connectivity index (χ2v) is 10.8. The van der Waals surface area contributed by atoms with Gasteiger partial charge in [0.25, 0.3) is 0 Å². The first-order chi connectivity index (χ1) is 21.8. The van der Waals surface area contributed by atoms with Crippen molar-refractivity contribution < 1.29 is 64.7 Å². The van der Waals surface area contributed by atoms with Crippen molar-refractivity contribution in [1.29, 1.82) is 0 Å². The fourth-order valence-corrected chi connectivity index (χ4v) is 5.33. The molecule has 1 saturated carbocycles. The minimum Gasteiger partial charge on any atom is -0.504 e. The summed E-state index contributed by atoms with van der Waals surface area (Å²) in [5.74, 6) is -7.40. The highest BCUT2D eigenvalue weighted by Gasteiger charge is 2.66. The molecule has 1 aliphatic rings. The quantitative estimate of drug-likeness (QED) is 0.0903. The number of hydrogen-bond donors (Lipinski definition) is 8. The van der Waals surface area contributed by atoms with E-state index in [2.05, 4.69) is 0 Å². The lowest BCUT2D eigenvalue weighted by atomic mass is 9.63. The first-order valence-electron chi connectivity index (χ1n) is 13.9. The molecule has 13 nitrogen and oxygen atoms in total. The lowest BCUT2D eigenvalue weighted by molar-refractivity contribution is -0.266. The summed E-state index contributed by atoms with van der Waals surface area (Å²) in [6.45, 7) is -1.16. The van der Waals surface area contributed by atoms with E-state index >= 15 is 0 Å². The normalized spacial score (nSPS) is 24.5. The number of carbonyl (C=O) groups is 3. The highest BCUT2D eigenvalue weighted by Crippen LogP contribution is 2.45. The molecule has 8 N–H and O–H groups in total. The summed E-state index contributed by atoms with van der Waals surface area (Å²) in [5.41, 5.74) is -4.20. The van der Waals surface area contributed by atoms with Crippen molar-refractivity contribution in [3.63, 3.8) is 0 Å². The average molecular weight is 637 g/mol. The Morgan fingerprint density at radius 2 is 1.35 bits per heavy atom. The minimum atomic E-state index is -2.73. The number of carbonyl (C=O) groups excluding carboxylic acids is 2. The van der Waals surface area contributed by atoms with E-state index in [4.69, 9.17) is 9.47 Å². The number of carboxylic acids is 1. The van der Waals surface area contributed by atoms with Crippen LogP contribution in [0.5, 0.6) is 23.0 Å². The molecule has 0 aliphatic heterocycles. The monoisotopic (exact) mass is 636 g/mol. The smallest absolute Gasteiger partial charge is 0.336 e. The maximum Gasteiger partial charge on any atom is 0.336 e. The molecule has 0 bridgehead atoms. The molecule has 0 spiro atoms. The van der Waals surface area contributed by atoms with Crippen LogP contribution in [0, 0.1) is 5.92 Å². The van der Waals surface area contributed by atoms with Crippen molar-refractivity contribution in [2.45, 2.75) is 36.3 Å². The molecule has 4 rings (SSSR count). The summed E-state index contributed by atoms with van der Waals surface area (Å²) >= 11 is 0. The number of phenols is 4.